The Bertz CT molecular complexity index is 336. The van der Waals surface area contributed by atoms with Crippen LogP contribution in [0.2, 0.25) is 0 Å². The normalized spacial score (nSPS) is 20.7. The summed E-state index contributed by atoms with van der Waals surface area (Å²) in [5.74, 6) is -0.346. The zero-order valence-corrected chi connectivity index (χ0v) is 5.42. The van der Waals surface area contributed by atoms with E-state index in [-0.39, 0.29) is 11.5 Å². The van der Waals surface area contributed by atoms with Crippen LogP contribution in [0.5, 0.6) is 0 Å². The van der Waals surface area contributed by atoms with Crippen molar-refractivity contribution in [2.75, 3.05) is 0 Å². The summed E-state index contributed by atoms with van der Waals surface area (Å²) in [6.45, 7) is 0. The maximum absolute atomic E-state index is 10.9. The second-order valence-corrected chi connectivity index (χ2v) is 2.11. The summed E-state index contributed by atoms with van der Waals surface area (Å²) in [5.41, 5.74) is 0.635. The summed E-state index contributed by atoms with van der Waals surface area (Å²) in [6, 6.07) is -0.489. The summed E-state index contributed by atoms with van der Waals surface area (Å²) in [4.78, 5) is 25.0. The minimum Gasteiger partial charge on any atom is -0.304 e. The van der Waals surface area contributed by atoms with Crippen molar-refractivity contribution >= 4 is 17.5 Å². The first-order chi connectivity index (χ1) is 5.27. The SMILES string of the molecule is O=C1N=C2C(=O)[C]=CC=C2N1. The topological polar surface area (TPSA) is 58.5 Å². The van der Waals surface area contributed by atoms with E-state index in [1.54, 1.807) is 6.08 Å². The lowest BCUT2D eigenvalue weighted by molar-refractivity contribution is -0.109. The molecule has 0 saturated carbocycles. The number of nitrogens with zero attached hydrogens (tertiary/aromatic N) is 1. The number of carbonyl (C=O) groups is 2. The molecule has 0 spiro atoms. The first-order valence-electron chi connectivity index (χ1n) is 3.02. The predicted molar refractivity (Wildman–Crippen MR) is 36.9 cm³/mol. The van der Waals surface area contributed by atoms with E-state index < -0.39 is 6.03 Å². The molecule has 0 bridgehead atoms. The number of hydrogen-bond donors (Lipinski definition) is 1. The van der Waals surface area contributed by atoms with Crippen LogP contribution in [0.15, 0.2) is 22.8 Å². The van der Waals surface area contributed by atoms with Crippen molar-refractivity contribution in [3.63, 3.8) is 0 Å². The van der Waals surface area contributed by atoms with Gasteiger partial charge in [0.1, 0.15) is 5.71 Å². The van der Waals surface area contributed by atoms with Gasteiger partial charge in [-0.15, -0.1) is 0 Å². The fourth-order valence-corrected chi connectivity index (χ4v) is 0.927. The van der Waals surface area contributed by atoms with Crippen LogP contribution in [-0.2, 0) is 4.79 Å². The first kappa shape index (κ1) is 6.03. The Hall–Kier alpha value is -1.71. The van der Waals surface area contributed by atoms with Crippen molar-refractivity contribution in [1.82, 2.24) is 5.32 Å². The number of Topliss-reactive ketones (excluding diaryl/α,β-unsaturated/α-hetero) is 1. The second-order valence-electron chi connectivity index (χ2n) is 2.11. The monoisotopic (exact) mass is 147 g/mol. The summed E-state index contributed by atoms with van der Waals surface area (Å²) < 4.78 is 0. The molecule has 0 aromatic rings. The Morgan fingerprint density at radius 2 is 2.27 bits per heavy atom. The van der Waals surface area contributed by atoms with Gasteiger partial charge < -0.3 is 5.32 Å². The van der Waals surface area contributed by atoms with Gasteiger partial charge in [-0.25, -0.2) is 4.79 Å². The van der Waals surface area contributed by atoms with Gasteiger partial charge in [-0.3, -0.25) is 4.79 Å². The van der Waals surface area contributed by atoms with E-state index in [0.29, 0.717) is 5.70 Å². The van der Waals surface area contributed by atoms with Crippen LogP contribution in [-0.4, -0.2) is 17.5 Å². The summed E-state index contributed by atoms with van der Waals surface area (Å²) in [6.07, 6.45) is 5.46. The Labute approximate surface area is 62.3 Å². The average molecular weight is 147 g/mol. The summed E-state index contributed by atoms with van der Waals surface area (Å²) in [5, 5.41) is 2.41. The van der Waals surface area contributed by atoms with Crippen LogP contribution in [0.1, 0.15) is 0 Å². The molecule has 1 radical (unpaired) electrons. The lowest BCUT2D eigenvalue weighted by Crippen LogP contribution is -2.20. The smallest absolute Gasteiger partial charge is 0.304 e. The van der Waals surface area contributed by atoms with Crippen molar-refractivity contribution in [3.05, 3.63) is 23.9 Å². The number of allylic oxidation sites excluding steroid dienone is 4. The van der Waals surface area contributed by atoms with E-state index in [1.807, 2.05) is 0 Å². The number of rotatable bonds is 0. The van der Waals surface area contributed by atoms with Crippen LogP contribution in [0, 0.1) is 6.08 Å². The zero-order chi connectivity index (χ0) is 7.84. The van der Waals surface area contributed by atoms with Gasteiger partial charge >= 0.3 is 6.03 Å². The first-order valence-corrected chi connectivity index (χ1v) is 3.02. The van der Waals surface area contributed by atoms with Gasteiger partial charge in [-0.1, -0.05) is 0 Å². The molecule has 11 heavy (non-hydrogen) atoms. The summed E-state index contributed by atoms with van der Waals surface area (Å²) in [7, 11) is 0. The van der Waals surface area contributed by atoms with Crippen LogP contribution in [0.25, 0.3) is 0 Å². The molecule has 1 heterocycles. The number of aliphatic imine (C=N–C) groups is 1. The van der Waals surface area contributed by atoms with Gasteiger partial charge in [-0.2, -0.15) is 4.99 Å². The van der Waals surface area contributed by atoms with E-state index in [4.69, 9.17) is 0 Å². The number of hydrogen-bond acceptors (Lipinski definition) is 2. The van der Waals surface area contributed by atoms with Crippen molar-refractivity contribution in [1.29, 1.82) is 0 Å². The Morgan fingerprint density at radius 1 is 1.45 bits per heavy atom. The molecular formula is C7H3N2O2. The molecule has 2 rings (SSSR count). The van der Waals surface area contributed by atoms with Gasteiger partial charge in [0.15, 0.2) is 0 Å². The largest absolute Gasteiger partial charge is 0.346 e. The van der Waals surface area contributed by atoms with Crippen molar-refractivity contribution in [2.45, 2.75) is 0 Å². The zero-order valence-electron chi connectivity index (χ0n) is 5.42. The number of amides is 2. The van der Waals surface area contributed by atoms with E-state index in [1.165, 1.54) is 6.08 Å². The highest BCUT2D eigenvalue weighted by molar-refractivity contribution is 6.52. The Balaban J connectivity index is 2.52. The Morgan fingerprint density at radius 3 is 3.00 bits per heavy atom. The second kappa shape index (κ2) is 1.88. The van der Waals surface area contributed by atoms with E-state index >= 15 is 0 Å². The molecule has 4 nitrogen and oxygen atoms in total. The number of ketones is 1. The number of nitrogens with one attached hydrogen (secondary N) is 1. The van der Waals surface area contributed by atoms with E-state index in [9.17, 15) is 9.59 Å². The van der Waals surface area contributed by atoms with Crippen LogP contribution >= 0.6 is 0 Å². The van der Waals surface area contributed by atoms with E-state index in [0.717, 1.165) is 0 Å². The van der Waals surface area contributed by atoms with Gasteiger partial charge in [0.25, 0.3) is 0 Å². The van der Waals surface area contributed by atoms with Crippen LogP contribution in [0.4, 0.5) is 4.79 Å². The number of carbonyl (C=O) groups excluding carboxylic acids is 2. The standard InChI is InChI=1S/C7H3N2O2/c10-5-3-1-2-4-6(5)9-7(11)8-4/h1-2H,(H,8,11). The highest BCUT2D eigenvalue weighted by atomic mass is 16.2. The maximum Gasteiger partial charge on any atom is 0.346 e. The lowest BCUT2D eigenvalue weighted by atomic mass is 10.1. The van der Waals surface area contributed by atoms with Gasteiger partial charge in [-0.05, 0) is 12.2 Å². The van der Waals surface area contributed by atoms with Crippen molar-refractivity contribution in [2.24, 2.45) is 4.99 Å². The van der Waals surface area contributed by atoms with Gasteiger partial charge in [0, 0.05) is 6.08 Å². The molecule has 4 heteroatoms. The highest BCUT2D eigenvalue weighted by Gasteiger charge is 2.25. The number of urea groups is 1. The molecule has 0 saturated heterocycles. The molecule has 1 N–H and O–H groups in total. The van der Waals surface area contributed by atoms with Crippen molar-refractivity contribution in [3.8, 4) is 0 Å². The molecule has 1 aliphatic heterocycles. The quantitative estimate of drug-likeness (QED) is 0.489. The Kier molecular flexibility index (Phi) is 1.03. The molecule has 0 unspecified atom stereocenters. The fraction of sp³-hybridized carbons (Fsp3) is 0. The third kappa shape index (κ3) is 0.797. The molecule has 0 aromatic carbocycles. The van der Waals surface area contributed by atoms with Crippen LogP contribution < -0.4 is 5.32 Å². The van der Waals surface area contributed by atoms with Gasteiger partial charge in [0.05, 0.1) is 5.70 Å². The fourth-order valence-electron chi connectivity index (χ4n) is 0.927. The molecule has 1 aliphatic carbocycles. The minimum absolute atomic E-state index is 0.164. The molecular weight excluding hydrogens is 144 g/mol. The third-order valence-electron chi connectivity index (χ3n) is 1.39. The van der Waals surface area contributed by atoms with Gasteiger partial charge in [0.2, 0.25) is 5.78 Å². The average Bonchev–Trinajstić information content (AvgIpc) is 2.31. The summed E-state index contributed by atoms with van der Waals surface area (Å²) >= 11 is 0. The minimum atomic E-state index is -0.489. The molecule has 0 fully saturated rings. The van der Waals surface area contributed by atoms with E-state index in [2.05, 4.69) is 16.4 Å². The molecule has 2 amide bonds. The van der Waals surface area contributed by atoms with Crippen molar-refractivity contribution < 1.29 is 9.59 Å². The molecule has 53 valence electrons. The third-order valence-corrected chi connectivity index (χ3v) is 1.39. The van der Waals surface area contributed by atoms with Crippen LogP contribution in [0.3, 0.4) is 0 Å². The highest BCUT2D eigenvalue weighted by Crippen LogP contribution is 2.09. The predicted octanol–water partition coefficient (Wildman–Crippen LogP) is -0.0234. The molecule has 2 aliphatic rings. The number of fused-ring (bicyclic) bond motifs is 1. The maximum atomic E-state index is 10.9. The lowest BCUT2D eigenvalue weighted by Gasteiger charge is -2.00. The molecule has 0 aromatic heterocycles. The molecule has 0 atom stereocenters.